The molecular weight excluding hydrogens is 538 g/mol. The molecule has 2 aromatic carbocycles. The Morgan fingerprint density at radius 2 is 2.00 bits per heavy atom. The molecule has 0 spiro atoms. The molecule has 2 aromatic heterocycles. The molecule has 1 atom stereocenters. The van der Waals surface area contributed by atoms with Gasteiger partial charge in [-0.15, -0.1) is 0 Å². The number of rotatable bonds is 6. The van der Waals surface area contributed by atoms with Gasteiger partial charge in [0.05, 0.1) is 38.9 Å². The number of benzene rings is 2. The molecule has 0 N–H and O–H groups in total. The third-order valence-electron chi connectivity index (χ3n) is 6.50. The second-order valence-corrected chi connectivity index (χ2v) is 9.90. The third kappa shape index (κ3) is 4.28. The van der Waals surface area contributed by atoms with E-state index in [1.165, 1.54) is 10.6 Å². The van der Waals surface area contributed by atoms with Crippen LogP contribution in [-0.4, -0.2) is 28.9 Å². The lowest BCUT2D eigenvalue weighted by Gasteiger charge is -2.24. The molecular formula is C28H21N3O8S. The zero-order chi connectivity index (χ0) is 28.0. The summed E-state index contributed by atoms with van der Waals surface area (Å²) >= 11 is 1.14. The number of nitrogens with zero attached hydrogens (tertiary/aromatic N) is 3. The summed E-state index contributed by atoms with van der Waals surface area (Å²) in [5.41, 5.74) is 1.16. The Morgan fingerprint density at radius 1 is 1.20 bits per heavy atom. The van der Waals surface area contributed by atoms with Crippen LogP contribution >= 0.6 is 11.3 Å². The Morgan fingerprint density at radius 3 is 2.80 bits per heavy atom. The predicted octanol–water partition coefficient (Wildman–Crippen LogP) is 3.70. The van der Waals surface area contributed by atoms with E-state index < -0.39 is 16.9 Å². The highest BCUT2D eigenvalue weighted by Gasteiger charge is 2.34. The van der Waals surface area contributed by atoms with Crippen LogP contribution in [0.5, 0.6) is 11.5 Å². The zero-order valence-corrected chi connectivity index (χ0v) is 22.1. The molecule has 0 aliphatic carbocycles. The Hall–Kier alpha value is -4.97. The minimum atomic E-state index is -0.814. The van der Waals surface area contributed by atoms with E-state index in [0.29, 0.717) is 49.2 Å². The maximum absolute atomic E-state index is 13.8. The van der Waals surface area contributed by atoms with Gasteiger partial charge >= 0.3 is 5.97 Å². The van der Waals surface area contributed by atoms with E-state index in [1.807, 2.05) is 0 Å². The van der Waals surface area contributed by atoms with Gasteiger partial charge in [0.25, 0.3) is 11.2 Å². The fraction of sp³-hybridized carbons (Fsp3) is 0.179. The fourth-order valence-electron chi connectivity index (χ4n) is 4.74. The Bertz CT molecular complexity index is 1900. The molecule has 0 saturated carbocycles. The van der Waals surface area contributed by atoms with Gasteiger partial charge in [-0.2, -0.15) is 0 Å². The number of thiazole rings is 1. The molecule has 2 aliphatic heterocycles. The summed E-state index contributed by atoms with van der Waals surface area (Å²) in [6.45, 7) is 3.65. The van der Waals surface area contributed by atoms with Crippen molar-refractivity contribution >= 4 is 29.1 Å². The molecule has 4 heterocycles. The molecule has 6 rings (SSSR count). The van der Waals surface area contributed by atoms with Crippen LogP contribution < -0.4 is 24.4 Å². The van der Waals surface area contributed by atoms with Gasteiger partial charge in [-0.1, -0.05) is 29.5 Å². The van der Waals surface area contributed by atoms with Crippen LogP contribution in [-0.2, 0) is 9.53 Å². The van der Waals surface area contributed by atoms with Gasteiger partial charge in [-0.25, -0.2) is 9.79 Å². The highest BCUT2D eigenvalue weighted by molar-refractivity contribution is 7.07. The van der Waals surface area contributed by atoms with E-state index >= 15 is 0 Å². The van der Waals surface area contributed by atoms with E-state index in [0.717, 1.165) is 11.3 Å². The lowest BCUT2D eigenvalue weighted by Crippen LogP contribution is -2.39. The molecule has 11 nitrogen and oxygen atoms in total. The van der Waals surface area contributed by atoms with Crippen molar-refractivity contribution in [3.8, 4) is 22.8 Å². The SMILES string of the molecule is CCOC(=O)C1=C(C)N=c2s/c(=C\c3ccc(-c4ccccc4[N+](=O)[O-])o3)c(=O)n2[C@H]1c1ccc2c(c1)OCO2. The Balaban J connectivity index is 1.48. The van der Waals surface area contributed by atoms with E-state index in [-0.39, 0.29) is 30.2 Å². The number of carbonyl (C=O) groups excluding carboxylic acids is 1. The molecule has 0 bridgehead atoms. The topological polar surface area (TPSA) is 135 Å². The number of ether oxygens (including phenoxy) is 3. The first-order chi connectivity index (χ1) is 19.4. The highest BCUT2D eigenvalue weighted by Crippen LogP contribution is 2.38. The second kappa shape index (κ2) is 9.97. The highest BCUT2D eigenvalue weighted by atomic mass is 32.1. The molecule has 0 saturated heterocycles. The van der Waals surface area contributed by atoms with E-state index in [4.69, 9.17) is 18.6 Å². The molecule has 2 aliphatic rings. The quantitative estimate of drug-likeness (QED) is 0.198. The number of hydrogen-bond donors (Lipinski definition) is 0. The van der Waals surface area contributed by atoms with Gasteiger partial charge in [0.1, 0.15) is 11.5 Å². The first-order valence-electron chi connectivity index (χ1n) is 12.3. The van der Waals surface area contributed by atoms with Crippen molar-refractivity contribution in [1.29, 1.82) is 0 Å². The van der Waals surface area contributed by atoms with Crippen LogP contribution in [0, 0.1) is 10.1 Å². The number of carbonyl (C=O) groups is 1. The average molecular weight is 560 g/mol. The molecule has 0 fully saturated rings. The zero-order valence-electron chi connectivity index (χ0n) is 21.3. The minimum Gasteiger partial charge on any atom is -0.463 e. The summed E-state index contributed by atoms with van der Waals surface area (Å²) < 4.78 is 23.9. The van der Waals surface area contributed by atoms with Gasteiger partial charge < -0.3 is 18.6 Å². The van der Waals surface area contributed by atoms with Crippen LogP contribution in [0.1, 0.15) is 31.2 Å². The molecule has 0 amide bonds. The van der Waals surface area contributed by atoms with Gasteiger partial charge in [-0.3, -0.25) is 19.5 Å². The maximum Gasteiger partial charge on any atom is 0.338 e. The van der Waals surface area contributed by atoms with E-state index in [1.54, 1.807) is 68.5 Å². The number of nitro benzene ring substituents is 1. The lowest BCUT2D eigenvalue weighted by molar-refractivity contribution is -0.384. The largest absolute Gasteiger partial charge is 0.463 e. The smallest absolute Gasteiger partial charge is 0.338 e. The maximum atomic E-state index is 13.8. The monoisotopic (exact) mass is 559 g/mol. The number of allylic oxidation sites excluding steroid dienone is 1. The molecule has 40 heavy (non-hydrogen) atoms. The van der Waals surface area contributed by atoms with Crippen molar-refractivity contribution in [1.82, 2.24) is 4.57 Å². The number of hydrogen-bond acceptors (Lipinski definition) is 10. The van der Waals surface area contributed by atoms with Crippen molar-refractivity contribution in [3.05, 3.63) is 107 Å². The van der Waals surface area contributed by atoms with E-state index in [9.17, 15) is 19.7 Å². The van der Waals surface area contributed by atoms with Crippen LogP contribution in [0.4, 0.5) is 5.69 Å². The molecule has 12 heteroatoms. The van der Waals surface area contributed by atoms with Gasteiger partial charge in [0.2, 0.25) is 6.79 Å². The van der Waals surface area contributed by atoms with Gasteiger partial charge in [0, 0.05) is 12.1 Å². The summed E-state index contributed by atoms with van der Waals surface area (Å²) in [4.78, 5) is 42.8. The lowest BCUT2D eigenvalue weighted by atomic mass is 9.95. The number of nitro groups is 1. The molecule has 0 unspecified atom stereocenters. The van der Waals surface area contributed by atoms with Crippen molar-refractivity contribution < 1.29 is 28.3 Å². The normalized spacial score (nSPS) is 16.1. The molecule has 0 radical (unpaired) electrons. The number of furan rings is 1. The first-order valence-corrected chi connectivity index (χ1v) is 13.1. The number of para-hydroxylation sites is 1. The summed E-state index contributed by atoms with van der Waals surface area (Å²) in [6, 6.07) is 13.9. The van der Waals surface area contributed by atoms with Gasteiger partial charge in [-0.05, 0) is 49.7 Å². The van der Waals surface area contributed by atoms with Crippen molar-refractivity contribution in [2.24, 2.45) is 4.99 Å². The Labute approximate surface area is 230 Å². The van der Waals surface area contributed by atoms with Crippen LogP contribution in [0.25, 0.3) is 17.4 Å². The number of aromatic nitrogens is 1. The summed E-state index contributed by atoms with van der Waals surface area (Å²) in [5, 5.41) is 11.5. The van der Waals surface area contributed by atoms with Gasteiger partial charge in [0.15, 0.2) is 16.3 Å². The fourth-order valence-corrected chi connectivity index (χ4v) is 5.76. The van der Waals surface area contributed by atoms with Crippen molar-refractivity contribution in [2.45, 2.75) is 19.9 Å². The molecule has 202 valence electrons. The third-order valence-corrected chi connectivity index (χ3v) is 7.48. The van der Waals surface area contributed by atoms with Crippen molar-refractivity contribution in [2.75, 3.05) is 13.4 Å². The first kappa shape index (κ1) is 25.3. The molecule has 4 aromatic rings. The summed E-state index contributed by atoms with van der Waals surface area (Å²) in [5.74, 6) is 1.14. The van der Waals surface area contributed by atoms with Crippen LogP contribution in [0.15, 0.2) is 80.1 Å². The average Bonchev–Trinajstić information content (AvgIpc) is 3.67. The van der Waals surface area contributed by atoms with Crippen molar-refractivity contribution in [3.63, 3.8) is 0 Å². The number of esters is 1. The minimum absolute atomic E-state index is 0.0818. The van der Waals surface area contributed by atoms with E-state index in [2.05, 4.69) is 4.99 Å². The Kier molecular flexibility index (Phi) is 6.31. The second-order valence-electron chi connectivity index (χ2n) is 8.89. The van der Waals surface area contributed by atoms with Crippen LogP contribution in [0.2, 0.25) is 0 Å². The standard InChI is InChI=1S/C28H21N3O8S/c1-3-36-27(33)24-15(2)29-28-30(25(24)16-8-10-21-22(12-16)38-14-37-21)26(32)23(40-28)13-17-9-11-20(39-17)18-6-4-5-7-19(18)31(34)35/h4-13,25H,3,14H2,1-2H3/b23-13-/t25-/m0/s1. The predicted molar refractivity (Wildman–Crippen MR) is 144 cm³/mol. The summed E-state index contributed by atoms with van der Waals surface area (Å²) in [6.07, 6.45) is 1.56. The summed E-state index contributed by atoms with van der Waals surface area (Å²) in [7, 11) is 0. The van der Waals surface area contributed by atoms with Crippen LogP contribution in [0.3, 0.4) is 0 Å². The number of fused-ring (bicyclic) bond motifs is 2.